The second kappa shape index (κ2) is 28.6. The van der Waals surface area contributed by atoms with Gasteiger partial charge in [0.15, 0.2) is 25.2 Å². The Morgan fingerprint density at radius 3 is 0.950 bits per heavy atom. The number of hydrogen-bond donors (Lipinski definition) is 4. The van der Waals surface area contributed by atoms with E-state index in [1.165, 1.54) is 0 Å². The van der Waals surface area contributed by atoms with Crippen molar-refractivity contribution in [2.75, 3.05) is 54.9 Å². The SMILES string of the molecule is COC1[C@H](C)OC2COC(c3ccccc3)O[C@H]2[C@@H]1O.COC1[C@H](C)OC2COC(c3ccccc3)O[C@H]2[C@@H]1OC.CO[C@@H]1C(O)[C@H](C)OC2COC(c3ccccc3)O[C@H]21.C[C@@H]1OC2COC(c3ccccc3)O[C@H]2[C@H](O)C1O. The largest absolute Gasteiger partial charge is 0.388 e. The van der Waals surface area contributed by atoms with E-state index in [2.05, 4.69) is 0 Å². The molecule has 0 saturated carbocycles. The van der Waals surface area contributed by atoms with E-state index in [0.717, 1.165) is 22.3 Å². The van der Waals surface area contributed by atoms with Crippen molar-refractivity contribution in [3.8, 4) is 0 Å². The Bertz CT molecular complexity index is 2410. The molecular weight excluding hydrogens is 1040 g/mol. The molecule has 0 spiro atoms. The van der Waals surface area contributed by atoms with Crippen molar-refractivity contribution in [3.63, 3.8) is 0 Å². The van der Waals surface area contributed by atoms with Gasteiger partial charge in [-0.05, 0) is 27.7 Å². The van der Waals surface area contributed by atoms with E-state index in [9.17, 15) is 20.4 Å². The van der Waals surface area contributed by atoms with Gasteiger partial charge >= 0.3 is 0 Å². The second-order valence-electron chi connectivity index (χ2n) is 21.0. The normalized spacial score (nSPS) is 41.1. The summed E-state index contributed by atoms with van der Waals surface area (Å²) >= 11 is 0. The molecule has 0 bridgehead atoms. The van der Waals surface area contributed by atoms with E-state index in [1.54, 1.807) is 35.4 Å². The molecular formula is C60H80O20. The molecule has 0 aromatic heterocycles. The Labute approximate surface area is 468 Å². The zero-order valence-corrected chi connectivity index (χ0v) is 46.6. The van der Waals surface area contributed by atoms with Crippen LogP contribution < -0.4 is 0 Å². The van der Waals surface area contributed by atoms with Crippen LogP contribution in [0.15, 0.2) is 121 Å². The van der Waals surface area contributed by atoms with Gasteiger partial charge in [0.05, 0.1) is 50.8 Å². The highest BCUT2D eigenvalue weighted by molar-refractivity contribution is 5.20. The minimum atomic E-state index is -0.955. The fourth-order valence-corrected chi connectivity index (χ4v) is 11.4. The van der Waals surface area contributed by atoms with E-state index >= 15 is 0 Å². The van der Waals surface area contributed by atoms with Gasteiger partial charge in [-0.25, -0.2) is 0 Å². The number of methoxy groups -OCH3 is 4. The lowest BCUT2D eigenvalue weighted by Crippen LogP contribution is -2.62. The monoisotopic (exact) mass is 1120 g/mol. The van der Waals surface area contributed by atoms with Crippen LogP contribution in [-0.2, 0) is 75.8 Å². The van der Waals surface area contributed by atoms with Gasteiger partial charge in [-0.3, -0.25) is 0 Å². The van der Waals surface area contributed by atoms with Crippen molar-refractivity contribution < 1.29 is 96.2 Å². The van der Waals surface area contributed by atoms with Crippen LogP contribution >= 0.6 is 0 Å². The first kappa shape index (κ1) is 60.7. The van der Waals surface area contributed by atoms with Crippen LogP contribution in [0, 0.1) is 0 Å². The average molecular weight is 1120 g/mol. The van der Waals surface area contributed by atoms with Gasteiger partial charge in [-0.2, -0.15) is 0 Å². The third-order valence-electron chi connectivity index (χ3n) is 15.7. The van der Waals surface area contributed by atoms with E-state index in [4.69, 9.17) is 75.8 Å². The number of fused-ring (bicyclic) bond motifs is 4. The Balaban J connectivity index is 0.000000129. The standard InChI is InChI=1S/C16H22O5.2C15H20O5.C14H18O5/c1-10-13(17-2)15(18-3)14-12(20-10)9-19-16(21-14)11-7-5-4-6-8-11;1-9-13(17-2)12(16)14-11(19-9)8-18-15(20-14)10-6-4-3-5-7-10;1-9-12(16)14(17-2)13-11(19-9)8-18-15(20-13)10-6-4-3-5-7-10;1-8-11(15)12(16)13-10(18-8)7-17-14(19-13)9-5-3-2-4-6-9/h4-8,10,12-16H,9H2,1-3H3;2*3-7,9,11-16H,8H2,1-2H3;2-6,8,10-16H,7H2,1H3/t10-,12?,13?,14+,15+,16?;9-,11?,12+,13?,14+,15?;9-,11?,12?,13+,14+,15?;8-,10?,11?,12+,13+,14?/m0000/s1. The van der Waals surface area contributed by atoms with Gasteiger partial charge in [0.2, 0.25) is 0 Å². The molecule has 80 heavy (non-hydrogen) atoms. The molecule has 0 radical (unpaired) electrons. The molecule has 20 heteroatoms. The first-order valence-corrected chi connectivity index (χ1v) is 27.6. The fraction of sp³-hybridized carbons (Fsp3) is 0.600. The second-order valence-corrected chi connectivity index (χ2v) is 21.0. The summed E-state index contributed by atoms with van der Waals surface area (Å²) < 4.78 is 91.6. The molecule has 4 N–H and O–H groups in total. The van der Waals surface area contributed by atoms with Crippen molar-refractivity contribution in [1.29, 1.82) is 0 Å². The minimum absolute atomic E-state index is 0.0540. The summed E-state index contributed by atoms with van der Waals surface area (Å²) in [5.41, 5.74) is 3.78. The highest BCUT2D eigenvalue weighted by Crippen LogP contribution is 2.39. The van der Waals surface area contributed by atoms with Gasteiger partial charge in [-0.15, -0.1) is 0 Å². The highest BCUT2D eigenvalue weighted by Gasteiger charge is 2.52. The minimum Gasteiger partial charge on any atom is -0.388 e. The number of rotatable bonds is 8. The first-order chi connectivity index (χ1) is 38.8. The van der Waals surface area contributed by atoms with Crippen LogP contribution in [0.1, 0.15) is 75.1 Å². The highest BCUT2D eigenvalue weighted by atomic mass is 16.7. The molecule has 8 aliphatic rings. The van der Waals surface area contributed by atoms with Crippen LogP contribution in [0.4, 0.5) is 0 Å². The predicted octanol–water partition coefficient (Wildman–Crippen LogP) is 5.06. The maximum Gasteiger partial charge on any atom is 0.184 e. The molecule has 12 rings (SSSR count). The van der Waals surface area contributed by atoms with Crippen LogP contribution in [0.3, 0.4) is 0 Å². The number of ether oxygens (including phenoxy) is 16. The van der Waals surface area contributed by atoms with E-state index in [-0.39, 0.29) is 79.5 Å². The summed E-state index contributed by atoms with van der Waals surface area (Å²) in [6.45, 7) is 9.10. The molecule has 12 unspecified atom stereocenters. The zero-order chi connectivity index (χ0) is 56.5. The van der Waals surface area contributed by atoms with E-state index in [1.807, 2.05) is 142 Å². The van der Waals surface area contributed by atoms with Gasteiger partial charge in [0.25, 0.3) is 0 Å². The summed E-state index contributed by atoms with van der Waals surface area (Å²) in [5, 5.41) is 40.5. The van der Waals surface area contributed by atoms with Crippen molar-refractivity contribution in [2.24, 2.45) is 0 Å². The van der Waals surface area contributed by atoms with Crippen LogP contribution in [0.25, 0.3) is 0 Å². The number of aliphatic hydroxyl groups excluding tert-OH is 4. The molecule has 4 aromatic carbocycles. The predicted molar refractivity (Wildman–Crippen MR) is 285 cm³/mol. The molecule has 8 fully saturated rings. The third kappa shape index (κ3) is 14.0. The Hall–Kier alpha value is -3.92. The average Bonchev–Trinajstić information content (AvgIpc) is 3.70. The van der Waals surface area contributed by atoms with Crippen molar-refractivity contribution in [1.82, 2.24) is 0 Å². The van der Waals surface area contributed by atoms with E-state index in [0.29, 0.717) is 26.4 Å². The summed E-state index contributed by atoms with van der Waals surface area (Å²) in [6, 6.07) is 38.9. The van der Waals surface area contributed by atoms with Crippen molar-refractivity contribution in [3.05, 3.63) is 144 Å². The van der Waals surface area contributed by atoms with Crippen molar-refractivity contribution in [2.45, 2.75) is 175 Å². The lowest BCUT2D eigenvalue weighted by atomic mass is 9.94. The molecule has 8 heterocycles. The number of hydrogen-bond acceptors (Lipinski definition) is 20. The Morgan fingerprint density at radius 1 is 0.300 bits per heavy atom. The lowest BCUT2D eigenvalue weighted by Gasteiger charge is -2.48. The maximum atomic E-state index is 10.4. The first-order valence-electron chi connectivity index (χ1n) is 27.6. The van der Waals surface area contributed by atoms with Crippen LogP contribution in [0.5, 0.6) is 0 Å². The topological polar surface area (TPSA) is 229 Å². The lowest BCUT2D eigenvalue weighted by molar-refractivity contribution is -0.331. The summed E-state index contributed by atoms with van der Waals surface area (Å²) in [4.78, 5) is 0. The van der Waals surface area contributed by atoms with Gasteiger partial charge in [-0.1, -0.05) is 121 Å². The quantitative estimate of drug-likeness (QED) is 0.181. The van der Waals surface area contributed by atoms with Gasteiger partial charge in [0, 0.05) is 50.7 Å². The number of benzene rings is 4. The molecule has 24 atom stereocenters. The zero-order valence-electron chi connectivity index (χ0n) is 46.6. The fourth-order valence-electron chi connectivity index (χ4n) is 11.4. The molecule has 4 aromatic rings. The van der Waals surface area contributed by atoms with Gasteiger partial charge in [0.1, 0.15) is 97.7 Å². The summed E-state index contributed by atoms with van der Waals surface area (Å²) in [6.07, 6.45) is -9.65. The Kier molecular flexibility index (Phi) is 21.7. The third-order valence-corrected chi connectivity index (χ3v) is 15.7. The van der Waals surface area contributed by atoms with Crippen molar-refractivity contribution >= 4 is 0 Å². The number of aliphatic hydroxyl groups is 4. The van der Waals surface area contributed by atoms with Crippen LogP contribution in [-0.4, -0.2) is 197 Å². The Morgan fingerprint density at radius 2 is 0.588 bits per heavy atom. The molecule has 0 amide bonds. The molecule has 8 aliphatic heterocycles. The summed E-state index contributed by atoms with van der Waals surface area (Å²) in [7, 11) is 6.51. The molecule has 0 aliphatic carbocycles. The van der Waals surface area contributed by atoms with Crippen LogP contribution in [0.2, 0.25) is 0 Å². The molecule has 440 valence electrons. The van der Waals surface area contributed by atoms with E-state index < -0.39 is 67.7 Å². The summed E-state index contributed by atoms with van der Waals surface area (Å²) in [5.74, 6) is 0. The maximum absolute atomic E-state index is 10.4. The molecule has 8 saturated heterocycles. The smallest absolute Gasteiger partial charge is 0.184 e. The van der Waals surface area contributed by atoms with Gasteiger partial charge < -0.3 is 96.2 Å². The molecule has 20 nitrogen and oxygen atoms in total.